The Morgan fingerprint density at radius 3 is 2.58 bits per heavy atom. The van der Waals surface area contributed by atoms with Crippen molar-refractivity contribution in [1.29, 1.82) is 5.26 Å². The van der Waals surface area contributed by atoms with E-state index in [2.05, 4.69) is 32.4 Å². The van der Waals surface area contributed by atoms with E-state index in [4.69, 9.17) is 5.26 Å². The van der Waals surface area contributed by atoms with Gasteiger partial charge in [-0.05, 0) is 16.9 Å². The second-order valence-corrected chi connectivity index (χ2v) is 5.99. The fourth-order valence-electron chi connectivity index (χ4n) is 1.52. The highest BCUT2D eigenvalue weighted by Crippen LogP contribution is 2.35. The van der Waals surface area contributed by atoms with Gasteiger partial charge >= 0.3 is 0 Å². The zero-order valence-electron chi connectivity index (χ0n) is 10.8. The lowest BCUT2D eigenvalue weighted by Crippen LogP contribution is -2.06. The number of rotatable bonds is 3. The van der Waals surface area contributed by atoms with E-state index >= 15 is 0 Å². The van der Waals surface area contributed by atoms with Gasteiger partial charge in [-0.1, -0.05) is 24.3 Å². The first-order valence-electron chi connectivity index (χ1n) is 5.70. The molecule has 2 aromatic rings. The number of aliphatic imine (C=N–C) groups is 1. The van der Waals surface area contributed by atoms with Crippen molar-refractivity contribution in [3.8, 4) is 16.5 Å². The minimum absolute atomic E-state index is 0.642. The highest BCUT2D eigenvalue weighted by molar-refractivity contribution is 7.27. The van der Waals surface area contributed by atoms with Crippen molar-refractivity contribution < 1.29 is 0 Å². The molecular weight excluding hydrogens is 273 g/mol. The predicted octanol–water partition coefficient (Wildman–Crippen LogP) is 3.01. The molecule has 3 nitrogen and oxygen atoms in total. The van der Waals surface area contributed by atoms with E-state index in [0.717, 1.165) is 21.4 Å². The van der Waals surface area contributed by atoms with Crippen molar-refractivity contribution >= 4 is 37.9 Å². The van der Waals surface area contributed by atoms with Crippen molar-refractivity contribution in [2.45, 2.75) is 0 Å². The van der Waals surface area contributed by atoms with Gasteiger partial charge in [0.1, 0.15) is 10.9 Å². The lowest BCUT2D eigenvalue weighted by Gasteiger charge is -2.00. The third kappa shape index (κ3) is 3.41. The molecule has 19 heavy (non-hydrogen) atoms. The summed E-state index contributed by atoms with van der Waals surface area (Å²) in [4.78, 5) is 7.88. The molecule has 96 valence electrons. The molecule has 0 bridgehead atoms. The average molecular weight is 287 g/mol. The molecule has 0 spiro atoms. The lowest BCUT2D eigenvalue weighted by molar-refractivity contribution is 0.643. The highest BCUT2D eigenvalue weighted by atomic mass is 32.1. The standard InChI is InChI=1S/C14H14N3PS/c1-17(2)9-16-12-7-13(19-14(12)8-15)10-3-5-11(18)6-4-10/h3-7,9H,18H2,1-2H3. The zero-order chi connectivity index (χ0) is 13.8. The Balaban J connectivity index is 2.39. The number of nitrogens with zero attached hydrogens (tertiary/aromatic N) is 3. The Morgan fingerprint density at radius 2 is 2.00 bits per heavy atom. The van der Waals surface area contributed by atoms with Crippen LogP contribution in [0.25, 0.3) is 10.4 Å². The number of benzene rings is 1. The Morgan fingerprint density at radius 1 is 1.32 bits per heavy atom. The molecule has 0 aliphatic heterocycles. The van der Waals surface area contributed by atoms with Crippen LogP contribution in [0.2, 0.25) is 0 Å². The highest BCUT2D eigenvalue weighted by Gasteiger charge is 2.09. The van der Waals surface area contributed by atoms with Gasteiger partial charge in [-0.15, -0.1) is 20.6 Å². The van der Waals surface area contributed by atoms with Crippen LogP contribution >= 0.6 is 20.6 Å². The molecule has 1 aromatic heterocycles. The van der Waals surface area contributed by atoms with Crippen LogP contribution in [0.3, 0.4) is 0 Å². The third-order valence-corrected chi connectivity index (χ3v) is 3.90. The van der Waals surface area contributed by atoms with E-state index in [1.807, 2.05) is 37.2 Å². The largest absolute Gasteiger partial charge is 0.369 e. The minimum Gasteiger partial charge on any atom is -0.369 e. The quantitative estimate of drug-likeness (QED) is 0.494. The predicted molar refractivity (Wildman–Crippen MR) is 85.7 cm³/mol. The van der Waals surface area contributed by atoms with Gasteiger partial charge in [-0.3, -0.25) is 0 Å². The molecular formula is C14H14N3PS. The Hall–Kier alpha value is -1.69. The smallest absolute Gasteiger partial charge is 0.131 e. The molecule has 1 atom stereocenters. The summed E-state index contributed by atoms with van der Waals surface area (Å²) in [6.07, 6.45) is 1.71. The molecule has 0 saturated carbocycles. The Labute approximate surface area is 119 Å². The molecule has 1 heterocycles. The molecule has 0 saturated heterocycles. The fourth-order valence-corrected chi connectivity index (χ4v) is 2.62. The van der Waals surface area contributed by atoms with Crippen molar-refractivity contribution in [2.75, 3.05) is 14.1 Å². The van der Waals surface area contributed by atoms with E-state index in [9.17, 15) is 0 Å². The number of hydrogen-bond donors (Lipinski definition) is 0. The van der Waals surface area contributed by atoms with Crippen LogP contribution in [-0.4, -0.2) is 25.3 Å². The summed E-state index contributed by atoms with van der Waals surface area (Å²) in [6.45, 7) is 0. The second-order valence-electron chi connectivity index (χ2n) is 4.27. The Kier molecular flexibility index (Phi) is 4.31. The zero-order valence-corrected chi connectivity index (χ0v) is 12.8. The number of thiophene rings is 1. The van der Waals surface area contributed by atoms with Crippen molar-refractivity contribution in [2.24, 2.45) is 4.99 Å². The topological polar surface area (TPSA) is 39.4 Å². The molecule has 5 heteroatoms. The summed E-state index contributed by atoms with van der Waals surface area (Å²) in [5.41, 5.74) is 1.84. The maximum Gasteiger partial charge on any atom is 0.131 e. The van der Waals surface area contributed by atoms with E-state index in [1.54, 1.807) is 6.34 Å². The van der Waals surface area contributed by atoms with Crippen LogP contribution in [0.4, 0.5) is 5.69 Å². The monoisotopic (exact) mass is 287 g/mol. The fraction of sp³-hybridized carbons (Fsp3) is 0.143. The van der Waals surface area contributed by atoms with Gasteiger partial charge in [0.15, 0.2) is 0 Å². The van der Waals surface area contributed by atoms with Crippen molar-refractivity contribution in [1.82, 2.24) is 4.90 Å². The molecule has 0 aliphatic rings. The summed E-state index contributed by atoms with van der Waals surface area (Å²) in [5, 5.41) is 10.3. The van der Waals surface area contributed by atoms with Crippen LogP contribution in [0.15, 0.2) is 35.3 Å². The van der Waals surface area contributed by atoms with Gasteiger partial charge in [0.05, 0.1) is 12.0 Å². The Bertz CT molecular complexity index is 636. The summed E-state index contributed by atoms with van der Waals surface area (Å²) in [7, 11) is 6.47. The summed E-state index contributed by atoms with van der Waals surface area (Å²) < 4.78 is 0. The maximum atomic E-state index is 9.16. The lowest BCUT2D eigenvalue weighted by atomic mass is 10.2. The van der Waals surface area contributed by atoms with Crippen LogP contribution in [0.5, 0.6) is 0 Å². The summed E-state index contributed by atoms with van der Waals surface area (Å²) in [5.74, 6) is 0. The van der Waals surface area contributed by atoms with E-state index in [0.29, 0.717) is 4.88 Å². The average Bonchev–Trinajstić information content (AvgIpc) is 2.80. The van der Waals surface area contributed by atoms with Gasteiger partial charge in [0.2, 0.25) is 0 Å². The normalized spacial score (nSPS) is 10.6. The maximum absolute atomic E-state index is 9.16. The summed E-state index contributed by atoms with van der Waals surface area (Å²) >= 11 is 1.47. The van der Waals surface area contributed by atoms with Gasteiger partial charge in [0.25, 0.3) is 0 Å². The van der Waals surface area contributed by atoms with E-state index < -0.39 is 0 Å². The first kappa shape index (κ1) is 13.7. The third-order valence-electron chi connectivity index (χ3n) is 2.44. The van der Waals surface area contributed by atoms with Crippen LogP contribution in [0, 0.1) is 11.3 Å². The SMILES string of the molecule is CN(C)C=Nc1cc(-c2ccc(P)cc2)sc1C#N. The minimum atomic E-state index is 0.642. The molecule has 0 N–H and O–H groups in total. The number of hydrogen-bond acceptors (Lipinski definition) is 3. The molecule has 0 amide bonds. The molecule has 1 unspecified atom stereocenters. The number of nitriles is 1. The molecule has 0 aliphatic carbocycles. The first-order valence-corrected chi connectivity index (χ1v) is 7.10. The van der Waals surface area contributed by atoms with Gasteiger partial charge in [-0.25, -0.2) is 4.99 Å². The van der Waals surface area contributed by atoms with Crippen LogP contribution < -0.4 is 5.30 Å². The van der Waals surface area contributed by atoms with Crippen molar-refractivity contribution in [3.63, 3.8) is 0 Å². The second kappa shape index (κ2) is 5.97. The molecule has 0 fully saturated rings. The molecule has 0 radical (unpaired) electrons. The van der Waals surface area contributed by atoms with E-state index in [-0.39, 0.29) is 0 Å². The molecule has 2 rings (SSSR count). The van der Waals surface area contributed by atoms with Crippen LogP contribution in [0.1, 0.15) is 4.88 Å². The molecule has 1 aromatic carbocycles. The first-order chi connectivity index (χ1) is 9.10. The van der Waals surface area contributed by atoms with Gasteiger partial charge in [0, 0.05) is 19.0 Å². The van der Waals surface area contributed by atoms with Gasteiger partial charge < -0.3 is 4.90 Å². The van der Waals surface area contributed by atoms with E-state index in [1.165, 1.54) is 11.3 Å². The van der Waals surface area contributed by atoms with Crippen LogP contribution in [-0.2, 0) is 0 Å². The van der Waals surface area contributed by atoms with Crippen molar-refractivity contribution in [3.05, 3.63) is 35.2 Å². The summed E-state index contributed by atoms with van der Waals surface area (Å²) in [6, 6.07) is 12.3. The van der Waals surface area contributed by atoms with Gasteiger partial charge in [-0.2, -0.15) is 5.26 Å².